The van der Waals surface area contributed by atoms with E-state index < -0.39 is 0 Å². The lowest BCUT2D eigenvalue weighted by atomic mass is 9.87. The molecule has 0 aromatic carbocycles. The van der Waals surface area contributed by atoms with Crippen molar-refractivity contribution < 1.29 is 9.53 Å². The molecule has 0 aliphatic carbocycles. The monoisotopic (exact) mass is 213 g/mol. The molecule has 0 N–H and O–H groups in total. The number of carbonyl (C=O) groups excluding carboxylic acids is 1. The van der Waals surface area contributed by atoms with Crippen molar-refractivity contribution in [2.45, 2.75) is 27.2 Å². The van der Waals surface area contributed by atoms with Crippen molar-refractivity contribution in [1.29, 1.82) is 0 Å². The standard InChI is InChI=1S/C12H23NO2/c1-5-15-9-12(8-14)11(7-13-4)6-10(2)3/h7-8,10-12H,5-6,9H2,1-4H3. The fraction of sp³-hybridized carbons (Fsp3) is 0.833. The van der Waals surface area contributed by atoms with Crippen molar-refractivity contribution in [2.75, 3.05) is 20.3 Å². The summed E-state index contributed by atoms with van der Waals surface area (Å²) in [5.74, 6) is 0.715. The Kier molecular flexibility index (Phi) is 8.19. The molecule has 0 aliphatic rings. The van der Waals surface area contributed by atoms with Crippen LogP contribution in [0.2, 0.25) is 0 Å². The van der Waals surface area contributed by atoms with Gasteiger partial charge < -0.3 is 14.5 Å². The number of hydrogen-bond acceptors (Lipinski definition) is 3. The van der Waals surface area contributed by atoms with E-state index in [-0.39, 0.29) is 11.8 Å². The number of nitrogens with zero attached hydrogens (tertiary/aromatic N) is 1. The molecule has 3 heteroatoms. The summed E-state index contributed by atoms with van der Waals surface area (Å²) in [6, 6.07) is 0. The lowest BCUT2D eigenvalue weighted by molar-refractivity contribution is -0.113. The van der Waals surface area contributed by atoms with Gasteiger partial charge in [-0.3, -0.25) is 0 Å². The normalized spacial score (nSPS) is 15.8. The second-order valence-electron chi connectivity index (χ2n) is 4.16. The molecule has 0 radical (unpaired) electrons. The summed E-state index contributed by atoms with van der Waals surface area (Å²) >= 11 is 0. The molecule has 0 heterocycles. The average molecular weight is 213 g/mol. The molecule has 2 unspecified atom stereocenters. The molecule has 88 valence electrons. The largest absolute Gasteiger partial charge is 0.381 e. The van der Waals surface area contributed by atoms with Gasteiger partial charge in [0.25, 0.3) is 0 Å². The number of carbonyl (C=O) groups is 1. The zero-order valence-corrected chi connectivity index (χ0v) is 10.3. The van der Waals surface area contributed by atoms with E-state index in [0.717, 1.165) is 12.7 Å². The molecule has 0 rings (SSSR count). The maximum atomic E-state index is 11.0. The van der Waals surface area contributed by atoms with Crippen LogP contribution in [0.3, 0.4) is 0 Å². The van der Waals surface area contributed by atoms with E-state index in [9.17, 15) is 4.79 Å². The van der Waals surface area contributed by atoms with Crippen LogP contribution in [0.5, 0.6) is 0 Å². The van der Waals surface area contributed by atoms with Crippen LogP contribution in [-0.4, -0.2) is 32.8 Å². The van der Waals surface area contributed by atoms with Crippen molar-refractivity contribution >= 4 is 12.5 Å². The minimum absolute atomic E-state index is 0.0592. The third-order valence-electron chi connectivity index (χ3n) is 2.32. The number of aldehydes is 1. The third-order valence-corrected chi connectivity index (χ3v) is 2.32. The smallest absolute Gasteiger partial charge is 0.126 e. The van der Waals surface area contributed by atoms with E-state index in [1.807, 2.05) is 13.1 Å². The molecule has 0 bridgehead atoms. The van der Waals surface area contributed by atoms with Gasteiger partial charge in [0.15, 0.2) is 0 Å². The molecule has 0 spiro atoms. The van der Waals surface area contributed by atoms with E-state index in [1.54, 1.807) is 7.05 Å². The Bertz CT molecular complexity index is 190. The zero-order valence-electron chi connectivity index (χ0n) is 10.3. The van der Waals surface area contributed by atoms with E-state index >= 15 is 0 Å². The highest BCUT2D eigenvalue weighted by Gasteiger charge is 2.20. The summed E-state index contributed by atoms with van der Waals surface area (Å²) in [4.78, 5) is 15.0. The Morgan fingerprint density at radius 1 is 1.33 bits per heavy atom. The number of hydrogen-bond donors (Lipinski definition) is 0. The minimum Gasteiger partial charge on any atom is -0.381 e. The number of rotatable bonds is 8. The summed E-state index contributed by atoms with van der Waals surface area (Å²) in [7, 11) is 1.75. The molecule has 0 aromatic rings. The predicted molar refractivity (Wildman–Crippen MR) is 63.4 cm³/mol. The third kappa shape index (κ3) is 6.39. The Labute approximate surface area is 92.9 Å². The molecule has 2 atom stereocenters. The molecule has 0 saturated heterocycles. The van der Waals surface area contributed by atoms with Crippen molar-refractivity contribution in [3.63, 3.8) is 0 Å². The van der Waals surface area contributed by atoms with Crippen molar-refractivity contribution in [3.8, 4) is 0 Å². The molecule has 3 nitrogen and oxygen atoms in total. The van der Waals surface area contributed by atoms with Gasteiger partial charge in [-0.1, -0.05) is 13.8 Å². The first-order chi connectivity index (χ1) is 7.15. The van der Waals surface area contributed by atoms with E-state index in [0.29, 0.717) is 19.1 Å². The number of ether oxygens (including phenoxy) is 1. The first-order valence-electron chi connectivity index (χ1n) is 5.61. The maximum absolute atomic E-state index is 11.0. The lowest BCUT2D eigenvalue weighted by Crippen LogP contribution is -2.24. The molecule has 0 aromatic heterocycles. The number of aliphatic imine (C=N–C) groups is 1. The van der Waals surface area contributed by atoms with Gasteiger partial charge in [0, 0.05) is 31.7 Å². The fourth-order valence-electron chi connectivity index (χ4n) is 1.60. The van der Waals surface area contributed by atoms with Crippen LogP contribution in [-0.2, 0) is 9.53 Å². The summed E-state index contributed by atoms with van der Waals surface area (Å²) in [6.45, 7) is 7.40. The van der Waals surface area contributed by atoms with Gasteiger partial charge in [-0.2, -0.15) is 0 Å². The SMILES string of the molecule is CCOCC(C=O)C(C=NC)CC(C)C. The lowest BCUT2D eigenvalue weighted by Gasteiger charge is -2.20. The Morgan fingerprint density at radius 3 is 2.40 bits per heavy atom. The Hall–Kier alpha value is -0.700. The van der Waals surface area contributed by atoms with Crippen LogP contribution in [0.1, 0.15) is 27.2 Å². The van der Waals surface area contributed by atoms with Crippen LogP contribution in [0, 0.1) is 17.8 Å². The summed E-state index contributed by atoms with van der Waals surface area (Å²) in [6.07, 6.45) is 3.84. The van der Waals surface area contributed by atoms with Gasteiger partial charge in [0.1, 0.15) is 6.29 Å². The maximum Gasteiger partial charge on any atom is 0.126 e. The van der Waals surface area contributed by atoms with Crippen molar-refractivity contribution in [3.05, 3.63) is 0 Å². The van der Waals surface area contributed by atoms with Gasteiger partial charge in [0.2, 0.25) is 0 Å². The van der Waals surface area contributed by atoms with Crippen LogP contribution >= 0.6 is 0 Å². The zero-order chi connectivity index (χ0) is 11.7. The molecule has 0 fully saturated rings. The molecular weight excluding hydrogens is 190 g/mol. The first kappa shape index (κ1) is 14.3. The quantitative estimate of drug-likeness (QED) is 0.458. The molecule has 0 aliphatic heterocycles. The van der Waals surface area contributed by atoms with Crippen LogP contribution in [0.25, 0.3) is 0 Å². The molecule has 15 heavy (non-hydrogen) atoms. The van der Waals surface area contributed by atoms with Gasteiger partial charge in [0.05, 0.1) is 6.61 Å². The van der Waals surface area contributed by atoms with Crippen molar-refractivity contribution in [2.24, 2.45) is 22.7 Å². The predicted octanol–water partition coefficient (Wildman–Crippen LogP) is 2.20. The highest BCUT2D eigenvalue weighted by atomic mass is 16.5. The van der Waals surface area contributed by atoms with Crippen LogP contribution < -0.4 is 0 Å². The Morgan fingerprint density at radius 2 is 2.00 bits per heavy atom. The van der Waals surface area contributed by atoms with E-state index in [1.165, 1.54) is 0 Å². The highest BCUT2D eigenvalue weighted by molar-refractivity contribution is 5.68. The average Bonchev–Trinajstić information content (AvgIpc) is 2.18. The van der Waals surface area contributed by atoms with E-state index in [4.69, 9.17) is 4.74 Å². The van der Waals surface area contributed by atoms with Gasteiger partial charge in [-0.15, -0.1) is 0 Å². The topological polar surface area (TPSA) is 38.7 Å². The van der Waals surface area contributed by atoms with Gasteiger partial charge in [-0.05, 0) is 19.3 Å². The first-order valence-corrected chi connectivity index (χ1v) is 5.61. The highest BCUT2D eigenvalue weighted by Crippen LogP contribution is 2.18. The fourth-order valence-corrected chi connectivity index (χ4v) is 1.60. The van der Waals surface area contributed by atoms with Gasteiger partial charge >= 0.3 is 0 Å². The second-order valence-corrected chi connectivity index (χ2v) is 4.16. The van der Waals surface area contributed by atoms with Crippen LogP contribution in [0.4, 0.5) is 0 Å². The molecule has 0 saturated carbocycles. The van der Waals surface area contributed by atoms with Gasteiger partial charge in [-0.25, -0.2) is 0 Å². The minimum atomic E-state index is -0.0592. The van der Waals surface area contributed by atoms with E-state index in [2.05, 4.69) is 18.8 Å². The summed E-state index contributed by atoms with van der Waals surface area (Å²) in [5.41, 5.74) is 0. The molecular formula is C12H23NO2. The summed E-state index contributed by atoms with van der Waals surface area (Å²) in [5, 5.41) is 0. The Balaban J connectivity index is 4.32. The molecule has 0 amide bonds. The second kappa shape index (κ2) is 8.60. The van der Waals surface area contributed by atoms with Crippen LogP contribution in [0.15, 0.2) is 4.99 Å². The van der Waals surface area contributed by atoms with Crippen molar-refractivity contribution in [1.82, 2.24) is 0 Å². The summed E-state index contributed by atoms with van der Waals surface area (Å²) < 4.78 is 5.30.